The Labute approximate surface area is 164 Å². The minimum absolute atomic E-state index is 0.00222. The van der Waals surface area contributed by atoms with Crippen molar-refractivity contribution in [2.24, 2.45) is 0 Å². The fourth-order valence-electron chi connectivity index (χ4n) is 3.68. The molecule has 28 heavy (non-hydrogen) atoms. The monoisotopic (exact) mass is 377 g/mol. The van der Waals surface area contributed by atoms with Crippen molar-refractivity contribution in [3.8, 4) is 5.69 Å². The lowest BCUT2D eigenvalue weighted by Gasteiger charge is -2.34. The number of amides is 2. The fourth-order valence-corrected chi connectivity index (χ4v) is 3.68. The molecule has 6 nitrogen and oxygen atoms in total. The largest absolute Gasteiger partial charge is 0.459 e. The van der Waals surface area contributed by atoms with E-state index in [4.69, 9.17) is 4.42 Å². The molecule has 0 radical (unpaired) electrons. The summed E-state index contributed by atoms with van der Waals surface area (Å²) in [5.41, 5.74) is 4.03. The van der Waals surface area contributed by atoms with E-state index in [2.05, 4.69) is 30.5 Å². The summed E-state index contributed by atoms with van der Waals surface area (Å²) in [5.74, 6) is 0.211. The smallest absolute Gasteiger partial charge is 0.289 e. The van der Waals surface area contributed by atoms with E-state index in [-0.39, 0.29) is 11.8 Å². The summed E-state index contributed by atoms with van der Waals surface area (Å²) in [5, 5.41) is 0. The summed E-state index contributed by atoms with van der Waals surface area (Å²) in [4.78, 5) is 28.7. The minimum atomic E-state index is -0.126. The van der Waals surface area contributed by atoms with Crippen molar-refractivity contribution in [3.05, 3.63) is 77.5 Å². The molecule has 0 saturated carbocycles. The molecule has 0 N–H and O–H groups in total. The molecule has 4 rings (SSSR count). The summed E-state index contributed by atoms with van der Waals surface area (Å²) in [6.45, 7) is 6.17. The molecule has 0 spiro atoms. The van der Waals surface area contributed by atoms with Crippen LogP contribution in [0.25, 0.3) is 5.69 Å². The van der Waals surface area contributed by atoms with Gasteiger partial charge in [-0.25, -0.2) is 0 Å². The average molecular weight is 377 g/mol. The number of rotatable bonds is 3. The topological polar surface area (TPSA) is 58.7 Å². The van der Waals surface area contributed by atoms with Gasteiger partial charge in [-0.2, -0.15) is 0 Å². The van der Waals surface area contributed by atoms with Crippen LogP contribution in [0.15, 0.2) is 59.2 Å². The minimum Gasteiger partial charge on any atom is -0.459 e. The number of aryl methyl sites for hydroxylation is 2. The van der Waals surface area contributed by atoms with Crippen LogP contribution in [0, 0.1) is 13.8 Å². The molecule has 1 saturated heterocycles. The summed E-state index contributed by atoms with van der Waals surface area (Å²) in [6, 6.07) is 15.2. The summed E-state index contributed by atoms with van der Waals surface area (Å²) < 4.78 is 7.34. The van der Waals surface area contributed by atoms with Gasteiger partial charge < -0.3 is 18.8 Å². The zero-order valence-electron chi connectivity index (χ0n) is 16.1. The Balaban J connectivity index is 1.41. The number of hydrogen-bond donors (Lipinski definition) is 0. The molecule has 0 bridgehead atoms. The third-order valence-corrected chi connectivity index (χ3v) is 5.23. The van der Waals surface area contributed by atoms with E-state index in [0.717, 1.165) is 17.1 Å². The Morgan fingerprint density at radius 1 is 0.786 bits per heavy atom. The van der Waals surface area contributed by atoms with Crippen molar-refractivity contribution in [3.63, 3.8) is 0 Å². The van der Waals surface area contributed by atoms with Crippen molar-refractivity contribution < 1.29 is 14.0 Å². The van der Waals surface area contributed by atoms with E-state index in [0.29, 0.717) is 37.5 Å². The number of piperazine rings is 1. The summed E-state index contributed by atoms with van der Waals surface area (Å²) >= 11 is 0. The van der Waals surface area contributed by atoms with E-state index in [1.54, 1.807) is 21.9 Å². The van der Waals surface area contributed by atoms with Crippen LogP contribution < -0.4 is 0 Å². The molecule has 2 amide bonds. The van der Waals surface area contributed by atoms with Crippen molar-refractivity contribution >= 4 is 11.8 Å². The highest BCUT2D eigenvalue weighted by Gasteiger charge is 2.26. The molecular weight excluding hydrogens is 354 g/mol. The number of nitrogens with zero attached hydrogens (tertiary/aromatic N) is 3. The predicted molar refractivity (Wildman–Crippen MR) is 106 cm³/mol. The molecule has 1 fully saturated rings. The number of carbonyl (C=O) groups is 2. The third kappa shape index (κ3) is 3.33. The second-order valence-electron chi connectivity index (χ2n) is 7.06. The first-order valence-corrected chi connectivity index (χ1v) is 9.42. The maximum absolute atomic E-state index is 12.8. The highest BCUT2D eigenvalue weighted by molar-refractivity contribution is 5.95. The SMILES string of the molecule is Cc1ccc(C)n1-c1ccc(C(=O)N2CCN(C(=O)c3ccco3)CC2)cc1. The van der Waals surface area contributed by atoms with Crippen LogP contribution in [0.5, 0.6) is 0 Å². The zero-order valence-corrected chi connectivity index (χ0v) is 16.1. The van der Waals surface area contributed by atoms with Crippen LogP contribution >= 0.6 is 0 Å². The molecule has 144 valence electrons. The number of hydrogen-bond acceptors (Lipinski definition) is 3. The second-order valence-corrected chi connectivity index (χ2v) is 7.06. The Kier molecular flexibility index (Phi) is 4.77. The van der Waals surface area contributed by atoms with Crippen LogP contribution in [-0.2, 0) is 0 Å². The van der Waals surface area contributed by atoms with Crippen LogP contribution in [0.4, 0.5) is 0 Å². The molecule has 2 aromatic heterocycles. The van der Waals surface area contributed by atoms with Gasteiger partial charge in [-0.3, -0.25) is 9.59 Å². The summed E-state index contributed by atoms with van der Waals surface area (Å²) in [7, 11) is 0. The maximum Gasteiger partial charge on any atom is 0.289 e. The van der Waals surface area contributed by atoms with Crippen LogP contribution in [0.1, 0.15) is 32.3 Å². The van der Waals surface area contributed by atoms with Gasteiger partial charge in [0.15, 0.2) is 5.76 Å². The number of benzene rings is 1. The quantitative estimate of drug-likeness (QED) is 0.704. The van der Waals surface area contributed by atoms with E-state index in [1.807, 2.05) is 24.3 Å². The van der Waals surface area contributed by atoms with E-state index in [1.165, 1.54) is 6.26 Å². The lowest BCUT2D eigenvalue weighted by Crippen LogP contribution is -2.50. The molecule has 1 aliphatic rings. The van der Waals surface area contributed by atoms with Gasteiger partial charge in [-0.1, -0.05) is 0 Å². The van der Waals surface area contributed by atoms with E-state index in [9.17, 15) is 9.59 Å². The maximum atomic E-state index is 12.8. The lowest BCUT2D eigenvalue weighted by atomic mass is 10.1. The first-order valence-electron chi connectivity index (χ1n) is 9.42. The Hall–Kier alpha value is -3.28. The van der Waals surface area contributed by atoms with Gasteiger partial charge in [0.05, 0.1) is 6.26 Å². The predicted octanol–water partition coefficient (Wildman–Crippen LogP) is 3.29. The molecule has 1 aliphatic heterocycles. The Bertz CT molecular complexity index is 959. The molecule has 3 heterocycles. The number of furan rings is 1. The average Bonchev–Trinajstić information content (AvgIpc) is 3.37. The van der Waals surface area contributed by atoms with Crippen LogP contribution in [0.3, 0.4) is 0 Å². The number of carbonyl (C=O) groups excluding carboxylic acids is 2. The van der Waals surface area contributed by atoms with Gasteiger partial charge in [0.25, 0.3) is 11.8 Å². The lowest BCUT2D eigenvalue weighted by molar-refractivity contribution is 0.0518. The van der Waals surface area contributed by atoms with E-state index < -0.39 is 0 Å². The molecule has 1 aromatic carbocycles. The second kappa shape index (κ2) is 7.38. The van der Waals surface area contributed by atoms with Gasteiger partial charge in [0.2, 0.25) is 0 Å². The molecule has 0 aliphatic carbocycles. The number of aromatic nitrogens is 1. The highest BCUT2D eigenvalue weighted by atomic mass is 16.3. The van der Waals surface area contributed by atoms with Crippen LogP contribution in [0.2, 0.25) is 0 Å². The molecule has 6 heteroatoms. The highest BCUT2D eigenvalue weighted by Crippen LogP contribution is 2.18. The van der Waals surface area contributed by atoms with Crippen LogP contribution in [-0.4, -0.2) is 52.4 Å². The molecule has 0 atom stereocenters. The van der Waals surface area contributed by atoms with Crippen molar-refractivity contribution in [1.29, 1.82) is 0 Å². The standard InChI is InChI=1S/C22H23N3O3/c1-16-5-6-17(2)25(16)19-9-7-18(8-10-19)21(26)23-11-13-24(14-12-23)22(27)20-4-3-15-28-20/h3-10,15H,11-14H2,1-2H3. The molecule has 3 aromatic rings. The summed E-state index contributed by atoms with van der Waals surface area (Å²) in [6.07, 6.45) is 1.49. The fraction of sp³-hybridized carbons (Fsp3) is 0.273. The van der Waals surface area contributed by atoms with E-state index >= 15 is 0 Å². The van der Waals surface area contributed by atoms with Gasteiger partial charge in [0.1, 0.15) is 0 Å². The Morgan fingerprint density at radius 2 is 1.36 bits per heavy atom. The normalized spacial score (nSPS) is 14.4. The van der Waals surface area contributed by atoms with Gasteiger partial charge >= 0.3 is 0 Å². The van der Waals surface area contributed by atoms with Gasteiger partial charge in [-0.05, 0) is 62.4 Å². The zero-order chi connectivity index (χ0) is 19.7. The first-order chi connectivity index (χ1) is 13.5. The molecular formula is C22H23N3O3. The third-order valence-electron chi connectivity index (χ3n) is 5.23. The van der Waals surface area contributed by atoms with Crippen molar-refractivity contribution in [2.75, 3.05) is 26.2 Å². The van der Waals surface area contributed by atoms with Crippen molar-refractivity contribution in [2.45, 2.75) is 13.8 Å². The van der Waals surface area contributed by atoms with Gasteiger partial charge in [-0.15, -0.1) is 0 Å². The van der Waals surface area contributed by atoms with Gasteiger partial charge in [0, 0.05) is 48.8 Å². The molecule has 0 unspecified atom stereocenters. The first kappa shape index (κ1) is 18.1. The Morgan fingerprint density at radius 3 is 1.89 bits per heavy atom. The van der Waals surface area contributed by atoms with Crippen molar-refractivity contribution in [1.82, 2.24) is 14.4 Å².